The summed E-state index contributed by atoms with van der Waals surface area (Å²) in [6, 6.07) is -0.436. The summed E-state index contributed by atoms with van der Waals surface area (Å²) < 4.78 is 0. The summed E-state index contributed by atoms with van der Waals surface area (Å²) in [5.41, 5.74) is -0.258. The Bertz CT molecular complexity index is 221. The van der Waals surface area contributed by atoms with Gasteiger partial charge in [0.2, 0.25) is 0 Å². The molecule has 0 bridgehead atoms. The van der Waals surface area contributed by atoms with Gasteiger partial charge in [0.1, 0.15) is 6.04 Å². The third kappa shape index (κ3) is 1.84. The number of carboxylic acid groups (broad SMARTS) is 1. The number of hydrogen-bond acceptors (Lipinski definition) is 3. The van der Waals surface area contributed by atoms with Crippen LogP contribution < -0.4 is 5.32 Å². The fourth-order valence-corrected chi connectivity index (χ4v) is 1.64. The maximum atomic E-state index is 10.9. The van der Waals surface area contributed by atoms with E-state index >= 15 is 0 Å². The molecular weight excluding hydrogens is 170 g/mol. The predicted molar refractivity (Wildman–Crippen MR) is 46.3 cm³/mol. The zero-order valence-electron chi connectivity index (χ0n) is 7.49. The van der Waals surface area contributed by atoms with Crippen LogP contribution in [0.1, 0.15) is 25.7 Å². The molecule has 1 atom stereocenters. The minimum absolute atomic E-state index is 0.0590. The lowest BCUT2D eigenvalue weighted by atomic mass is 10.1. The highest BCUT2D eigenvalue weighted by Gasteiger charge is 2.48. The molecule has 3 N–H and O–H groups in total. The highest BCUT2D eigenvalue weighted by Crippen LogP contribution is 2.39. The van der Waals surface area contributed by atoms with Crippen molar-refractivity contribution in [2.45, 2.75) is 37.3 Å². The number of carboxylic acids is 1. The number of hydrogen-bond donors (Lipinski definition) is 3. The lowest BCUT2D eigenvalue weighted by Crippen LogP contribution is -2.48. The van der Waals surface area contributed by atoms with Crippen LogP contribution in [0.5, 0.6) is 0 Å². The molecule has 0 aliphatic heterocycles. The van der Waals surface area contributed by atoms with E-state index in [4.69, 9.17) is 10.2 Å². The van der Waals surface area contributed by atoms with E-state index in [1.807, 2.05) is 0 Å². The second-order valence-electron chi connectivity index (χ2n) is 4.24. The molecule has 74 valence electrons. The highest BCUT2D eigenvalue weighted by molar-refractivity contribution is 5.74. The molecule has 0 saturated heterocycles. The first kappa shape index (κ1) is 8.97. The fraction of sp³-hybridized carbons (Fsp3) is 0.889. The summed E-state index contributed by atoms with van der Waals surface area (Å²) in [7, 11) is 0. The molecule has 2 saturated carbocycles. The Hall–Kier alpha value is -0.610. The molecule has 0 spiro atoms. The summed E-state index contributed by atoms with van der Waals surface area (Å²) in [5, 5.41) is 21.0. The van der Waals surface area contributed by atoms with Crippen molar-refractivity contribution in [3.63, 3.8) is 0 Å². The molecule has 13 heavy (non-hydrogen) atoms. The molecule has 4 nitrogen and oxygen atoms in total. The summed E-state index contributed by atoms with van der Waals surface area (Å²) in [4.78, 5) is 10.9. The molecule has 1 unspecified atom stereocenters. The average Bonchev–Trinajstić information content (AvgIpc) is 2.97. The molecule has 0 heterocycles. The SMILES string of the molecule is O=C(O)C(NC1(CO)CC1)C1CC1. The third-order valence-corrected chi connectivity index (χ3v) is 2.98. The lowest BCUT2D eigenvalue weighted by Gasteiger charge is -2.20. The van der Waals surface area contributed by atoms with E-state index in [0.717, 1.165) is 25.7 Å². The van der Waals surface area contributed by atoms with E-state index in [1.165, 1.54) is 0 Å². The summed E-state index contributed by atoms with van der Waals surface area (Å²) in [5.74, 6) is -0.483. The van der Waals surface area contributed by atoms with Gasteiger partial charge in [-0.1, -0.05) is 0 Å². The van der Waals surface area contributed by atoms with Crippen molar-refractivity contribution in [2.24, 2.45) is 5.92 Å². The number of aliphatic carboxylic acids is 1. The molecule has 2 aliphatic carbocycles. The fourth-order valence-electron chi connectivity index (χ4n) is 1.64. The van der Waals surface area contributed by atoms with Crippen molar-refractivity contribution in [1.82, 2.24) is 5.32 Å². The van der Waals surface area contributed by atoms with Crippen LogP contribution in [0, 0.1) is 5.92 Å². The standard InChI is InChI=1S/C9H15NO3/c11-5-9(3-4-9)10-7(8(12)13)6-1-2-6/h6-7,10-11H,1-5H2,(H,12,13). The van der Waals surface area contributed by atoms with E-state index in [2.05, 4.69) is 5.32 Å². The minimum atomic E-state index is -0.776. The van der Waals surface area contributed by atoms with Gasteiger partial charge in [-0.15, -0.1) is 0 Å². The zero-order valence-corrected chi connectivity index (χ0v) is 7.49. The van der Waals surface area contributed by atoms with Gasteiger partial charge in [0.15, 0.2) is 0 Å². The number of carbonyl (C=O) groups is 1. The molecule has 0 aromatic rings. The van der Waals surface area contributed by atoms with Crippen LogP contribution in [-0.2, 0) is 4.79 Å². The molecular formula is C9H15NO3. The van der Waals surface area contributed by atoms with Crippen molar-refractivity contribution >= 4 is 5.97 Å². The number of nitrogens with one attached hydrogen (secondary N) is 1. The predicted octanol–water partition coefficient (Wildman–Crippen LogP) is -0.0359. The van der Waals surface area contributed by atoms with Crippen molar-refractivity contribution in [3.8, 4) is 0 Å². The Morgan fingerprint density at radius 3 is 2.46 bits per heavy atom. The summed E-state index contributed by atoms with van der Waals surface area (Å²) >= 11 is 0. The number of aliphatic hydroxyl groups is 1. The van der Waals surface area contributed by atoms with Crippen LogP contribution in [0.3, 0.4) is 0 Å². The first-order chi connectivity index (χ1) is 6.17. The maximum Gasteiger partial charge on any atom is 0.321 e. The average molecular weight is 185 g/mol. The molecule has 0 amide bonds. The van der Waals surface area contributed by atoms with Gasteiger partial charge >= 0.3 is 5.97 Å². The molecule has 2 aliphatic rings. The van der Waals surface area contributed by atoms with Crippen molar-refractivity contribution in [3.05, 3.63) is 0 Å². The molecule has 0 aromatic heterocycles. The Kier molecular flexibility index (Phi) is 2.04. The van der Waals surface area contributed by atoms with Crippen LogP contribution in [0.2, 0.25) is 0 Å². The molecule has 0 radical (unpaired) electrons. The van der Waals surface area contributed by atoms with Gasteiger partial charge in [0.05, 0.1) is 6.61 Å². The van der Waals surface area contributed by atoms with Crippen LogP contribution >= 0.6 is 0 Å². The van der Waals surface area contributed by atoms with Gasteiger partial charge in [-0.3, -0.25) is 10.1 Å². The second-order valence-corrected chi connectivity index (χ2v) is 4.24. The topological polar surface area (TPSA) is 69.6 Å². The normalized spacial score (nSPS) is 26.8. The third-order valence-electron chi connectivity index (χ3n) is 2.98. The van der Waals surface area contributed by atoms with Crippen molar-refractivity contribution in [2.75, 3.05) is 6.61 Å². The van der Waals surface area contributed by atoms with Crippen LogP contribution in [0.4, 0.5) is 0 Å². The van der Waals surface area contributed by atoms with E-state index in [0.29, 0.717) is 5.92 Å². The Labute approximate surface area is 76.9 Å². The maximum absolute atomic E-state index is 10.9. The Morgan fingerprint density at radius 2 is 2.15 bits per heavy atom. The van der Waals surface area contributed by atoms with Crippen molar-refractivity contribution < 1.29 is 15.0 Å². The largest absolute Gasteiger partial charge is 0.480 e. The zero-order chi connectivity index (χ0) is 9.47. The summed E-state index contributed by atoms with van der Waals surface area (Å²) in [6.45, 7) is 0.0590. The minimum Gasteiger partial charge on any atom is -0.480 e. The van der Waals surface area contributed by atoms with E-state index in [9.17, 15) is 4.79 Å². The molecule has 2 fully saturated rings. The molecule has 0 aromatic carbocycles. The Balaban J connectivity index is 1.93. The van der Waals surface area contributed by atoms with E-state index < -0.39 is 12.0 Å². The molecule has 4 heteroatoms. The monoisotopic (exact) mass is 185 g/mol. The van der Waals surface area contributed by atoms with Gasteiger partial charge in [0.25, 0.3) is 0 Å². The number of aliphatic hydroxyl groups excluding tert-OH is 1. The second kappa shape index (κ2) is 2.96. The highest BCUT2D eigenvalue weighted by atomic mass is 16.4. The first-order valence-electron chi connectivity index (χ1n) is 4.78. The quantitative estimate of drug-likeness (QED) is 0.562. The van der Waals surface area contributed by atoms with Gasteiger partial charge < -0.3 is 10.2 Å². The smallest absolute Gasteiger partial charge is 0.321 e. The molecule has 2 rings (SSSR count). The van der Waals surface area contributed by atoms with E-state index in [1.54, 1.807) is 0 Å². The van der Waals surface area contributed by atoms with E-state index in [-0.39, 0.29) is 12.1 Å². The Morgan fingerprint density at radius 1 is 1.54 bits per heavy atom. The van der Waals surface area contributed by atoms with Crippen LogP contribution in [-0.4, -0.2) is 34.4 Å². The van der Waals surface area contributed by atoms with Crippen molar-refractivity contribution in [1.29, 1.82) is 0 Å². The van der Waals surface area contributed by atoms with Gasteiger partial charge in [-0.2, -0.15) is 0 Å². The summed E-state index contributed by atoms with van der Waals surface area (Å²) in [6.07, 6.45) is 3.82. The van der Waals surface area contributed by atoms with Gasteiger partial charge in [-0.25, -0.2) is 0 Å². The van der Waals surface area contributed by atoms with Crippen LogP contribution in [0.15, 0.2) is 0 Å². The first-order valence-corrected chi connectivity index (χ1v) is 4.78. The lowest BCUT2D eigenvalue weighted by molar-refractivity contribution is -0.140. The van der Waals surface area contributed by atoms with Gasteiger partial charge in [-0.05, 0) is 31.6 Å². The number of rotatable bonds is 5. The van der Waals surface area contributed by atoms with Crippen LogP contribution in [0.25, 0.3) is 0 Å². The van der Waals surface area contributed by atoms with Gasteiger partial charge in [0, 0.05) is 5.54 Å².